The molecule has 15 heteroatoms. The van der Waals surface area contributed by atoms with Crippen molar-refractivity contribution in [2.75, 3.05) is 13.7 Å². The van der Waals surface area contributed by atoms with Crippen LogP contribution in [-0.4, -0.2) is 89.9 Å². The molecule has 7 atom stereocenters. The van der Waals surface area contributed by atoms with E-state index >= 15 is 0 Å². The first kappa shape index (κ1) is 34.5. The van der Waals surface area contributed by atoms with Gasteiger partial charge in [-0.15, -0.1) is 0 Å². The van der Waals surface area contributed by atoms with Crippen molar-refractivity contribution in [3.63, 3.8) is 0 Å². The normalized spacial score (nSPS) is 31.3. The van der Waals surface area contributed by atoms with Crippen molar-refractivity contribution < 1.29 is 42.2 Å². The van der Waals surface area contributed by atoms with E-state index in [0.29, 0.717) is 36.9 Å². The Balaban J connectivity index is 1.34. The van der Waals surface area contributed by atoms with Gasteiger partial charge in [-0.25, -0.2) is 13.2 Å². The van der Waals surface area contributed by atoms with Crippen LogP contribution in [0.25, 0.3) is 10.8 Å². The van der Waals surface area contributed by atoms with Crippen molar-refractivity contribution in [1.29, 1.82) is 0 Å². The van der Waals surface area contributed by atoms with E-state index in [4.69, 9.17) is 9.47 Å². The molecule has 0 spiro atoms. The molecule has 6 rings (SSSR count). The molecule has 3 fully saturated rings. The highest BCUT2D eigenvalue weighted by atomic mass is 32.2. The second kappa shape index (κ2) is 13.5. The van der Waals surface area contributed by atoms with Crippen molar-refractivity contribution >= 4 is 44.6 Å². The number of hydrogen-bond donors (Lipinski definition) is 4. The number of carbonyl (C=O) groups excluding carboxylic acids is 3. The molecule has 1 aromatic heterocycles. The van der Waals surface area contributed by atoms with Crippen LogP contribution >= 0.6 is 0 Å². The average molecular weight is 698 g/mol. The monoisotopic (exact) mass is 697 g/mol. The van der Waals surface area contributed by atoms with Crippen LogP contribution in [0, 0.1) is 17.8 Å². The van der Waals surface area contributed by atoms with Gasteiger partial charge in [0.05, 0.1) is 18.9 Å². The summed E-state index contributed by atoms with van der Waals surface area (Å²) in [6.45, 7) is 3.77. The second-order valence-electron chi connectivity index (χ2n) is 13.9. The summed E-state index contributed by atoms with van der Waals surface area (Å²) in [5, 5.41) is 15.8. The highest BCUT2D eigenvalue weighted by Gasteiger charge is 2.62. The number of methoxy groups -OCH3 is 1. The van der Waals surface area contributed by atoms with E-state index in [0.717, 1.165) is 11.8 Å². The molecular formula is C34H43N5O9S. The maximum atomic E-state index is 14.3. The van der Waals surface area contributed by atoms with Crippen molar-refractivity contribution in [2.45, 2.75) is 87.8 Å². The topological polar surface area (TPSA) is 193 Å². The van der Waals surface area contributed by atoms with Gasteiger partial charge in [-0.1, -0.05) is 44.2 Å². The number of pyridine rings is 1. The van der Waals surface area contributed by atoms with Gasteiger partial charge in [0.25, 0.3) is 5.91 Å². The molecule has 2 aliphatic heterocycles. The first-order valence-electron chi connectivity index (χ1n) is 16.8. The summed E-state index contributed by atoms with van der Waals surface area (Å²) in [7, 11) is -2.41. The Bertz CT molecular complexity index is 1780. The fourth-order valence-corrected chi connectivity index (χ4v) is 8.49. The molecule has 1 aromatic carbocycles. The molecule has 14 nitrogen and oxygen atoms in total. The summed E-state index contributed by atoms with van der Waals surface area (Å²) in [6, 6.07) is 6.85. The number of rotatable bonds is 7. The van der Waals surface area contributed by atoms with E-state index in [1.807, 2.05) is 50.3 Å². The fourth-order valence-electron chi connectivity index (χ4n) is 7.13. The molecular weight excluding hydrogens is 654 g/mol. The van der Waals surface area contributed by atoms with Crippen LogP contribution in [0.3, 0.4) is 0 Å². The molecule has 0 unspecified atom stereocenters. The molecule has 2 aromatic rings. The minimum absolute atomic E-state index is 0.00788. The van der Waals surface area contributed by atoms with Gasteiger partial charge in [-0.3, -0.25) is 19.1 Å². The first-order valence-corrected chi connectivity index (χ1v) is 18.3. The van der Waals surface area contributed by atoms with Crippen LogP contribution in [0.2, 0.25) is 0 Å². The Morgan fingerprint density at radius 1 is 1.12 bits per heavy atom. The van der Waals surface area contributed by atoms with Crippen molar-refractivity contribution in [2.24, 2.45) is 17.8 Å². The minimum atomic E-state index is -3.90. The summed E-state index contributed by atoms with van der Waals surface area (Å²) in [6.07, 6.45) is 4.73. The number of hydrogen-bond acceptors (Lipinski definition) is 9. The van der Waals surface area contributed by atoms with Gasteiger partial charge < -0.3 is 30.1 Å². The Labute approximate surface area is 285 Å². The summed E-state index contributed by atoms with van der Waals surface area (Å²) in [5.74, 6) is -2.23. The van der Waals surface area contributed by atoms with E-state index in [1.54, 1.807) is 6.07 Å². The number of aromatic nitrogens is 1. The Kier molecular flexibility index (Phi) is 9.48. The number of allylic oxidation sites excluding steroid dienone is 1. The zero-order chi connectivity index (χ0) is 35.1. The molecule has 2 saturated carbocycles. The van der Waals surface area contributed by atoms with Gasteiger partial charge in [0.15, 0.2) is 0 Å². The van der Waals surface area contributed by atoms with Crippen LogP contribution in [0.5, 0.6) is 11.8 Å². The van der Waals surface area contributed by atoms with Crippen LogP contribution in [0.1, 0.15) is 58.8 Å². The van der Waals surface area contributed by atoms with E-state index in [-0.39, 0.29) is 31.2 Å². The maximum absolute atomic E-state index is 14.3. The van der Waals surface area contributed by atoms with Crippen molar-refractivity contribution in [1.82, 2.24) is 25.2 Å². The Morgan fingerprint density at radius 2 is 1.88 bits per heavy atom. The lowest BCUT2D eigenvalue weighted by Crippen LogP contribution is -2.59. The Morgan fingerprint density at radius 3 is 2.59 bits per heavy atom. The van der Waals surface area contributed by atoms with Crippen molar-refractivity contribution in [3.8, 4) is 11.8 Å². The molecule has 4 aliphatic rings. The van der Waals surface area contributed by atoms with Gasteiger partial charge in [-0.2, -0.15) is 4.98 Å². The van der Waals surface area contributed by atoms with Gasteiger partial charge in [0.1, 0.15) is 23.7 Å². The number of benzene rings is 1. The number of amides is 4. The van der Waals surface area contributed by atoms with Gasteiger partial charge >= 0.3 is 6.09 Å². The molecule has 4 amide bonds. The quantitative estimate of drug-likeness (QED) is 0.313. The lowest BCUT2D eigenvalue weighted by molar-refractivity contribution is -0.142. The van der Waals surface area contributed by atoms with Crippen LogP contribution < -0.4 is 24.8 Å². The number of carboxylic acid groups (broad SMARTS) is 1. The zero-order valence-corrected chi connectivity index (χ0v) is 28.6. The average Bonchev–Trinajstić information content (AvgIpc) is 3.98. The van der Waals surface area contributed by atoms with E-state index in [9.17, 15) is 32.7 Å². The fraction of sp³-hybridized carbons (Fsp3) is 0.559. The smallest absolute Gasteiger partial charge is 0.405 e. The predicted octanol–water partition coefficient (Wildman–Crippen LogP) is 2.72. The number of ether oxygens (including phenoxy) is 2. The number of fused-ring (bicyclic) bond motifs is 3. The molecule has 3 heterocycles. The van der Waals surface area contributed by atoms with E-state index in [1.165, 1.54) is 12.0 Å². The number of carbonyl (C=O) groups is 4. The second-order valence-corrected chi connectivity index (χ2v) is 15.8. The highest BCUT2D eigenvalue weighted by molar-refractivity contribution is 7.91. The minimum Gasteiger partial charge on any atom is -0.481 e. The summed E-state index contributed by atoms with van der Waals surface area (Å²) < 4.78 is 39.5. The predicted molar refractivity (Wildman–Crippen MR) is 178 cm³/mol. The number of nitrogens with one attached hydrogen (secondary N) is 3. The molecule has 4 N–H and O–H groups in total. The number of nitrogens with zero attached hydrogens (tertiary/aromatic N) is 2. The Hall–Kier alpha value is -4.40. The third-order valence-corrected chi connectivity index (χ3v) is 11.9. The SMILES string of the molecule is COc1cc2ccccc2c(O[C@@H]2C[C@H]3C(=O)N[C@]4(C(=O)NS(=O)(=O)C5CC5)C[C@H]4/C=C\CC[C@H](C)C[C@@H](C)[C@H](NC(=O)O)C(=O)N3C2)n1. The van der Waals surface area contributed by atoms with Crippen LogP contribution in [0.15, 0.2) is 42.5 Å². The van der Waals surface area contributed by atoms with E-state index in [2.05, 4.69) is 20.3 Å². The van der Waals surface area contributed by atoms with E-state index < -0.39 is 74.7 Å². The summed E-state index contributed by atoms with van der Waals surface area (Å²) in [5.41, 5.74) is -1.52. The van der Waals surface area contributed by atoms with Crippen LogP contribution in [-0.2, 0) is 24.4 Å². The van der Waals surface area contributed by atoms with Gasteiger partial charge in [0, 0.05) is 23.8 Å². The molecule has 2 aliphatic carbocycles. The first-order chi connectivity index (χ1) is 23.3. The molecule has 49 heavy (non-hydrogen) atoms. The molecule has 0 bridgehead atoms. The van der Waals surface area contributed by atoms with Gasteiger partial charge in [0.2, 0.25) is 33.6 Å². The van der Waals surface area contributed by atoms with Crippen LogP contribution in [0.4, 0.5) is 4.79 Å². The largest absolute Gasteiger partial charge is 0.481 e. The van der Waals surface area contributed by atoms with Gasteiger partial charge in [-0.05, 0) is 61.8 Å². The lowest BCUT2D eigenvalue weighted by Gasteiger charge is -2.32. The molecule has 264 valence electrons. The molecule has 0 radical (unpaired) electrons. The van der Waals surface area contributed by atoms with Crippen molar-refractivity contribution in [3.05, 3.63) is 42.5 Å². The zero-order valence-electron chi connectivity index (χ0n) is 27.8. The third kappa shape index (κ3) is 7.31. The third-order valence-electron chi connectivity index (χ3n) is 10.1. The standard InChI is InChI=1S/C34H43N5O9S/c1-19-8-4-6-10-22-17-34(22,32(42)38-49(45,46)24-12-13-24)37-29(40)26-16-23(18-39(26)31(41)28(20(2)14-19)36-33(43)44)48-30-25-11-7-5-9-21(25)15-27(35-30)47-3/h5-7,9-11,15,19-20,22-24,26,28,36H,4,8,12-14,16-18H2,1-3H3,(H,37,40)(H,38,42)(H,43,44)/b10-6-/t19-,20+,22+,23+,26-,28-,34+/m0/s1. The summed E-state index contributed by atoms with van der Waals surface area (Å²) in [4.78, 5) is 59.9. The lowest BCUT2D eigenvalue weighted by atomic mass is 9.88. The molecule has 1 saturated heterocycles. The maximum Gasteiger partial charge on any atom is 0.405 e. The number of sulfonamides is 1. The summed E-state index contributed by atoms with van der Waals surface area (Å²) >= 11 is 0. The highest BCUT2D eigenvalue weighted by Crippen LogP contribution is 2.46.